The van der Waals surface area contributed by atoms with Gasteiger partial charge in [-0.25, -0.2) is 0 Å². The summed E-state index contributed by atoms with van der Waals surface area (Å²) < 4.78 is 1.98. The van der Waals surface area contributed by atoms with Gasteiger partial charge in [-0.15, -0.1) is 0 Å². The minimum atomic E-state index is -0.957. The van der Waals surface area contributed by atoms with Crippen molar-refractivity contribution in [3.8, 4) is 22.5 Å². The van der Waals surface area contributed by atoms with Crippen molar-refractivity contribution < 1.29 is 14.7 Å². The van der Waals surface area contributed by atoms with Gasteiger partial charge in [0.25, 0.3) is 5.91 Å². The number of carbonyl (C=O) groups excluding carboxylic acids is 1. The van der Waals surface area contributed by atoms with Crippen LogP contribution in [0, 0.1) is 6.92 Å². The number of nitrogens with zero attached hydrogens (tertiary/aromatic N) is 2. The molecule has 0 fully saturated rings. The van der Waals surface area contributed by atoms with Crippen molar-refractivity contribution in [3.05, 3.63) is 112 Å². The van der Waals surface area contributed by atoms with E-state index in [2.05, 4.69) is 36.5 Å². The highest BCUT2D eigenvalue weighted by Crippen LogP contribution is 2.37. The van der Waals surface area contributed by atoms with Gasteiger partial charge in [0, 0.05) is 38.8 Å². The van der Waals surface area contributed by atoms with Gasteiger partial charge in [0.05, 0.1) is 24.4 Å². The zero-order chi connectivity index (χ0) is 27.5. The third kappa shape index (κ3) is 5.82. The molecule has 8 heteroatoms. The normalized spacial score (nSPS) is 11.1. The lowest BCUT2D eigenvalue weighted by Crippen LogP contribution is -2.25. The maximum atomic E-state index is 12.4. The zero-order valence-corrected chi connectivity index (χ0v) is 22.6. The molecule has 0 bridgehead atoms. The molecule has 0 radical (unpaired) electrons. The van der Waals surface area contributed by atoms with Crippen LogP contribution in [0.3, 0.4) is 0 Å². The largest absolute Gasteiger partial charge is 0.481 e. The predicted molar refractivity (Wildman–Crippen MR) is 155 cm³/mol. The molecule has 0 aliphatic carbocycles. The first-order chi connectivity index (χ1) is 18.8. The number of halogens is 2. The third-order valence-electron chi connectivity index (χ3n) is 6.54. The van der Waals surface area contributed by atoms with Gasteiger partial charge >= 0.3 is 5.97 Å². The van der Waals surface area contributed by atoms with Crippen LogP contribution in [0.2, 0.25) is 10.0 Å². The van der Waals surface area contributed by atoms with Crippen LogP contribution in [-0.4, -0.2) is 33.3 Å². The van der Waals surface area contributed by atoms with Gasteiger partial charge in [-0.2, -0.15) is 5.10 Å². The first-order valence-electron chi connectivity index (χ1n) is 12.4. The quantitative estimate of drug-likeness (QED) is 0.210. The number of carboxylic acids is 1. The zero-order valence-electron chi connectivity index (χ0n) is 21.1. The average Bonchev–Trinajstić information content (AvgIpc) is 3.23. The van der Waals surface area contributed by atoms with Crippen LogP contribution >= 0.6 is 23.2 Å². The Bertz CT molecular complexity index is 1670. The van der Waals surface area contributed by atoms with Crippen molar-refractivity contribution in [2.24, 2.45) is 0 Å². The van der Waals surface area contributed by atoms with Crippen molar-refractivity contribution in [1.29, 1.82) is 0 Å². The van der Waals surface area contributed by atoms with Crippen LogP contribution in [0.25, 0.3) is 33.3 Å². The number of nitrogens with one attached hydrogen (secondary N) is 1. The Morgan fingerprint density at radius 3 is 2.33 bits per heavy atom. The van der Waals surface area contributed by atoms with E-state index in [9.17, 15) is 9.59 Å². The highest BCUT2D eigenvalue weighted by Gasteiger charge is 2.20. The molecule has 0 aliphatic heterocycles. The second-order valence-electron chi connectivity index (χ2n) is 9.26. The Balaban J connectivity index is 1.55. The van der Waals surface area contributed by atoms with E-state index in [1.54, 1.807) is 18.2 Å². The molecule has 2 N–H and O–H groups in total. The van der Waals surface area contributed by atoms with E-state index in [1.807, 2.05) is 47.1 Å². The predicted octanol–water partition coefficient (Wildman–Crippen LogP) is 7.24. The minimum absolute atomic E-state index is 0.0766. The van der Waals surface area contributed by atoms with E-state index in [0.717, 1.165) is 44.4 Å². The van der Waals surface area contributed by atoms with E-state index in [4.69, 9.17) is 33.4 Å². The fourth-order valence-corrected chi connectivity index (χ4v) is 5.25. The summed E-state index contributed by atoms with van der Waals surface area (Å²) in [4.78, 5) is 23.1. The number of carbonyl (C=O) groups is 2. The lowest BCUT2D eigenvalue weighted by atomic mass is 9.98. The lowest BCUT2D eigenvalue weighted by Gasteiger charge is -2.12. The molecule has 6 nitrogen and oxygen atoms in total. The highest BCUT2D eigenvalue weighted by molar-refractivity contribution is 6.35. The summed E-state index contributed by atoms with van der Waals surface area (Å²) in [6, 6.07) is 27.1. The molecule has 1 heterocycles. The molecule has 5 aromatic rings. The first kappa shape index (κ1) is 26.5. The maximum Gasteiger partial charge on any atom is 0.305 e. The summed E-state index contributed by atoms with van der Waals surface area (Å²) in [6.45, 7) is 2.59. The molecule has 0 saturated heterocycles. The number of carboxylic acid groups (broad SMARTS) is 1. The molecule has 5 rings (SSSR count). The molecule has 0 spiro atoms. The molecular formula is C31H25Cl2N3O3. The summed E-state index contributed by atoms with van der Waals surface area (Å²) in [5.41, 5.74) is 6.08. The van der Waals surface area contributed by atoms with Crippen molar-refractivity contribution in [3.63, 3.8) is 0 Å². The Labute approximate surface area is 235 Å². The van der Waals surface area contributed by atoms with E-state index in [-0.39, 0.29) is 18.9 Å². The summed E-state index contributed by atoms with van der Waals surface area (Å²) in [7, 11) is 0. The summed E-state index contributed by atoms with van der Waals surface area (Å²) >= 11 is 12.7. The van der Waals surface area contributed by atoms with Gasteiger partial charge in [-0.05, 0) is 53.6 Å². The van der Waals surface area contributed by atoms with Crippen LogP contribution < -0.4 is 5.32 Å². The molecule has 196 valence electrons. The molecule has 0 saturated carbocycles. The summed E-state index contributed by atoms with van der Waals surface area (Å²) in [5.74, 6) is -1.27. The number of fused-ring (bicyclic) bond motifs is 1. The van der Waals surface area contributed by atoms with E-state index < -0.39 is 5.97 Å². The van der Waals surface area contributed by atoms with Crippen molar-refractivity contribution in [2.45, 2.75) is 19.9 Å². The van der Waals surface area contributed by atoms with E-state index in [1.165, 1.54) is 0 Å². The van der Waals surface area contributed by atoms with Gasteiger partial charge in [0.2, 0.25) is 0 Å². The molecule has 1 aromatic heterocycles. The number of amides is 1. The number of hydrogen-bond acceptors (Lipinski definition) is 3. The Hall–Kier alpha value is -4.13. The van der Waals surface area contributed by atoms with E-state index in [0.29, 0.717) is 22.2 Å². The van der Waals surface area contributed by atoms with Gasteiger partial charge in [0.1, 0.15) is 0 Å². The third-order valence-corrected chi connectivity index (χ3v) is 6.98. The maximum absolute atomic E-state index is 12.4. The van der Waals surface area contributed by atoms with Gasteiger partial charge in [0.15, 0.2) is 0 Å². The van der Waals surface area contributed by atoms with E-state index >= 15 is 0 Å². The second kappa shape index (κ2) is 11.3. The second-order valence-corrected chi connectivity index (χ2v) is 10.1. The SMILES string of the molecule is Cc1c(-c2cc(Cl)cc(Cl)c2)nn(Cc2ccc(C(=O)NCCC(=O)O)cc2)c1-c1cccc2ccccc12. The fraction of sp³-hybridized carbons (Fsp3) is 0.129. The molecule has 0 atom stereocenters. The first-order valence-corrected chi connectivity index (χ1v) is 13.2. The Morgan fingerprint density at radius 1 is 0.923 bits per heavy atom. The number of aliphatic carboxylic acids is 1. The molecule has 0 aliphatic rings. The van der Waals surface area contributed by atoms with Crippen LogP contribution in [0.15, 0.2) is 84.9 Å². The topological polar surface area (TPSA) is 84.2 Å². The molecule has 4 aromatic carbocycles. The lowest BCUT2D eigenvalue weighted by molar-refractivity contribution is -0.136. The molecule has 39 heavy (non-hydrogen) atoms. The average molecular weight is 558 g/mol. The highest BCUT2D eigenvalue weighted by atomic mass is 35.5. The van der Waals surface area contributed by atoms with Crippen LogP contribution in [0.5, 0.6) is 0 Å². The van der Waals surface area contributed by atoms with Crippen LogP contribution in [-0.2, 0) is 11.3 Å². The molecular weight excluding hydrogens is 533 g/mol. The summed E-state index contributed by atoms with van der Waals surface area (Å²) in [5, 5.41) is 19.8. The van der Waals surface area contributed by atoms with Crippen molar-refractivity contribution >= 4 is 45.9 Å². The van der Waals surface area contributed by atoms with Crippen LogP contribution in [0.1, 0.15) is 27.9 Å². The molecule has 0 unspecified atom stereocenters. The number of aromatic nitrogens is 2. The monoisotopic (exact) mass is 557 g/mol. The Morgan fingerprint density at radius 2 is 1.62 bits per heavy atom. The van der Waals surface area contributed by atoms with Crippen molar-refractivity contribution in [2.75, 3.05) is 6.54 Å². The molecule has 1 amide bonds. The smallest absolute Gasteiger partial charge is 0.305 e. The van der Waals surface area contributed by atoms with Gasteiger partial charge in [-0.3, -0.25) is 14.3 Å². The van der Waals surface area contributed by atoms with Crippen molar-refractivity contribution in [1.82, 2.24) is 15.1 Å². The fourth-order valence-electron chi connectivity index (χ4n) is 4.72. The standard InChI is InChI=1S/C31H25Cl2N3O3/c1-19-29(23-15-24(32)17-25(33)16-23)35-36(30(19)27-8-4-6-21-5-2-3-7-26(21)27)18-20-9-11-22(12-10-20)31(39)34-14-13-28(37)38/h2-12,15-17H,13-14,18H2,1H3,(H,34,39)(H,37,38). The number of rotatable bonds is 8. The number of hydrogen-bond donors (Lipinski definition) is 2. The summed E-state index contributed by atoms with van der Waals surface area (Å²) in [6.07, 6.45) is -0.125. The van der Waals surface area contributed by atoms with Gasteiger partial charge < -0.3 is 10.4 Å². The van der Waals surface area contributed by atoms with Crippen LogP contribution in [0.4, 0.5) is 0 Å². The minimum Gasteiger partial charge on any atom is -0.481 e. The Kier molecular flexibility index (Phi) is 7.68. The van der Waals surface area contributed by atoms with Gasteiger partial charge in [-0.1, -0.05) is 77.8 Å². The number of benzene rings is 4.